The number of benzene rings is 1. The van der Waals surface area contributed by atoms with Crippen LogP contribution in [-0.2, 0) is 10.7 Å². The van der Waals surface area contributed by atoms with Gasteiger partial charge in [0.25, 0.3) is 5.92 Å². The first kappa shape index (κ1) is 11.6. The molecule has 1 unspecified atom stereocenters. The van der Waals surface area contributed by atoms with E-state index >= 15 is 0 Å². The molecule has 4 N–H and O–H groups in total. The highest BCUT2D eigenvalue weighted by molar-refractivity contribution is 5.81. The maximum absolute atomic E-state index is 13.5. The molecule has 0 radical (unpaired) electrons. The van der Waals surface area contributed by atoms with Crippen molar-refractivity contribution >= 4 is 5.91 Å². The number of alkyl halides is 2. The molecule has 3 nitrogen and oxygen atoms in total. The van der Waals surface area contributed by atoms with Gasteiger partial charge in [-0.15, -0.1) is 0 Å². The number of aryl methyl sites for hydroxylation is 1. The molecule has 1 rings (SSSR count). The molecule has 1 aromatic rings. The molecule has 0 spiro atoms. The molecule has 0 fully saturated rings. The number of hydrogen-bond donors (Lipinski definition) is 2. The van der Waals surface area contributed by atoms with E-state index in [-0.39, 0.29) is 5.56 Å². The van der Waals surface area contributed by atoms with Gasteiger partial charge in [0, 0.05) is 5.56 Å². The van der Waals surface area contributed by atoms with E-state index in [2.05, 4.69) is 0 Å². The van der Waals surface area contributed by atoms with Crippen molar-refractivity contribution in [3.8, 4) is 0 Å². The fraction of sp³-hybridized carbons (Fsp3) is 0.300. The minimum Gasteiger partial charge on any atom is -0.368 e. The lowest BCUT2D eigenvalue weighted by Gasteiger charge is -2.21. The van der Waals surface area contributed by atoms with Gasteiger partial charge >= 0.3 is 0 Å². The quantitative estimate of drug-likeness (QED) is 0.784. The van der Waals surface area contributed by atoms with Crippen LogP contribution >= 0.6 is 0 Å². The van der Waals surface area contributed by atoms with Crippen molar-refractivity contribution in [1.82, 2.24) is 0 Å². The molecule has 0 saturated heterocycles. The number of halogens is 2. The van der Waals surface area contributed by atoms with E-state index in [0.29, 0.717) is 0 Å². The summed E-state index contributed by atoms with van der Waals surface area (Å²) in [6.45, 7) is 1.77. The Hall–Kier alpha value is -1.49. The Labute approximate surface area is 86.1 Å². The second-order valence-electron chi connectivity index (χ2n) is 3.37. The molecule has 1 aromatic carbocycles. The van der Waals surface area contributed by atoms with Crippen molar-refractivity contribution in [3.63, 3.8) is 0 Å². The summed E-state index contributed by atoms with van der Waals surface area (Å²) in [6, 6.07) is 3.52. The minimum atomic E-state index is -3.43. The smallest absolute Gasteiger partial charge is 0.296 e. The summed E-state index contributed by atoms with van der Waals surface area (Å²) >= 11 is 0. The van der Waals surface area contributed by atoms with Crippen LogP contribution in [0.15, 0.2) is 24.3 Å². The van der Waals surface area contributed by atoms with Crippen molar-refractivity contribution in [1.29, 1.82) is 0 Å². The zero-order chi connectivity index (χ0) is 11.6. The molecule has 0 aliphatic rings. The van der Waals surface area contributed by atoms with Crippen LogP contribution < -0.4 is 11.5 Å². The Morgan fingerprint density at radius 2 is 1.80 bits per heavy atom. The lowest BCUT2D eigenvalue weighted by atomic mass is 10.0. The number of carbonyl (C=O) groups excluding carboxylic acids is 1. The van der Waals surface area contributed by atoms with E-state index in [1.807, 2.05) is 0 Å². The van der Waals surface area contributed by atoms with Crippen molar-refractivity contribution in [3.05, 3.63) is 35.4 Å². The van der Waals surface area contributed by atoms with Gasteiger partial charge in [0.05, 0.1) is 0 Å². The number of primary amides is 1. The van der Waals surface area contributed by atoms with Gasteiger partial charge in [0.2, 0.25) is 5.91 Å². The molecule has 1 amide bonds. The van der Waals surface area contributed by atoms with E-state index in [0.717, 1.165) is 5.56 Å². The molecule has 0 aliphatic heterocycles. The molecule has 1 atom stereocenters. The first-order valence-corrected chi connectivity index (χ1v) is 4.35. The zero-order valence-electron chi connectivity index (χ0n) is 8.21. The van der Waals surface area contributed by atoms with E-state index < -0.39 is 17.9 Å². The van der Waals surface area contributed by atoms with E-state index in [4.69, 9.17) is 11.5 Å². The Morgan fingerprint density at radius 1 is 1.33 bits per heavy atom. The summed E-state index contributed by atoms with van der Waals surface area (Å²) in [5.74, 6) is -4.65. The summed E-state index contributed by atoms with van der Waals surface area (Å²) in [7, 11) is 0. The van der Waals surface area contributed by atoms with Gasteiger partial charge in [0.1, 0.15) is 0 Å². The number of rotatable bonds is 3. The topological polar surface area (TPSA) is 69.1 Å². The maximum atomic E-state index is 13.5. The summed E-state index contributed by atoms with van der Waals surface area (Å²) in [5, 5.41) is 0. The Kier molecular flexibility index (Phi) is 3.04. The second-order valence-corrected chi connectivity index (χ2v) is 3.37. The lowest BCUT2D eigenvalue weighted by Crippen LogP contribution is -2.48. The lowest BCUT2D eigenvalue weighted by molar-refractivity contribution is -0.129. The third kappa shape index (κ3) is 2.30. The zero-order valence-corrected chi connectivity index (χ0v) is 8.21. The fourth-order valence-corrected chi connectivity index (χ4v) is 1.13. The van der Waals surface area contributed by atoms with Crippen LogP contribution in [0.5, 0.6) is 0 Å². The molecule has 0 heterocycles. The molecule has 82 valence electrons. The maximum Gasteiger partial charge on any atom is 0.296 e. The summed E-state index contributed by atoms with van der Waals surface area (Å²) < 4.78 is 27.0. The van der Waals surface area contributed by atoms with Crippen molar-refractivity contribution in [2.75, 3.05) is 0 Å². The van der Waals surface area contributed by atoms with Crippen LogP contribution in [-0.4, -0.2) is 11.9 Å². The van der Waals surface area contributed by atoms with Crippen LogP contribution in [0.2, 0.25) is 0 Å². The molecular formula is C10H12F2N2O. The van der Waals surface area contributed by atoms with Crippen LogP contribution in [0, 0.1) is 6.92 Å². The van der Waals surface area contributed by atoms with Crippen LogP contribution in [0.3, 0.4) is 0 Å². The fourth-order valence-electron chi connectivity index (χ4n) is 1.13. The van der Waals surface area contributed by atoms with E-state index in [1.165, 1.54) is 24.3 Å². The van der Waals surface area contributed by atoms with Crippen molar-refractivity contribution < 1.29 is 13.6 Å². The largest absolute Gasteiger partial charge is 0.368 e. The molecule has 5 heteroatoms. The Balaban J connectivity index is 3.05. The van der Waals surface area contributed by atoms with Gasteiger partial charge in [-0.3, -0.25) is 4.79 Å². The van der Waals surface area contributed by atoms with Gasteiger partial charge < -0.3 is 11.5 Å². The molecule has 0 bridgehead atoms. The van der Waals surface area contributed by atoms with Gasteiger partial charge in [-0.05, 0) is 6.92 Å². The van der Waals surface area contributed by atoms with E-state index in [9.17, 15) is 13.6 Å². The third-order valence-corrected chi connectivity index (χ3v) is 2.13. The monoisotopic (exact) mass is 214 g/mol. The predicted octanol–water partition coefficient (Wildman–Crippen LogP) is 0.899. The molecule has 0 saturated carbocycles. The highest BCUT2D eigenvalue weighted by Gasteiger charge is 2.42. The Morgan fingerprint density at radius 3 is 2.20 bits per heavy atom. The van der Waals surface area contributed by atoms with E-state index in [1.54, 1.807) is 6.92 Å². The summed E-state index contributed by atoms with van der Waals surface area (Å²) in [6.07, 6.45) is 0. The van der Waals surface area contributed by atoms with Crippen molar-refractivity contribution in [2.45, 2.75) is 18.9 Å². The normalized spacial score (nSPS) is 13.6. The predicted molar refractivity (Wildman–Crippen MR) is 52.2 cm³/mol. The molecule has 15 heavy (non-hydrogen) atoms. The second kappa shape index (κ2) is 3.94. The molecule has 0 aliphatic carbocycles. The SMILES string of the molecule is Cc1ccc(C(F)(F)C(N)C(N)=O)cc1. The number of carbonyl (C=O) groups is 1. The molecule has 0 aromatic heterocycles. The van der Waals surface area contributed by atoms with Crippen LogP contribution in [0.1, 0.15) is 11.1 Å². The highest BCUT2D eigenvalue weighted by Crippen LogP contribution is 2.30. The number of amides is 1. The minimum absolute atomic E-state index is 0.306. The summed E-state index contributed by atoms with van der Waals surface area (Å²) in [4.78, 5) is 10.6. The van der Waals surface area contributed by atoms with Crippen LogP contribution in [0.25, 0.3) is 0 Å². The van der Waals surface area contributed by atoms with Gasteiger partial charge in [-0.2, -0.15) is 8.78 Å². The number of nitrogens with two attached hydrogens (primary N) is 2. The van der Waals surface area contributed by atoms with Gasteiger partial charge in [0.15, 0.2) is 6.04 Å². The Bertz CT molecular complexity index is 362. The van der Waals surface area contributed by atoms with Gasteiger partial charge in [-0.1, -0.05) is 29.8 Å². The van der Waals surface area contributed by atoms with Crippen molar-refractivity contribution in [2.24, 2.45) is 11.5 Å². The van der Waals surface area contributed by atoms with Gasteiger partial charge in [-0.25, -0.2) is 0 Å². The highest BCUT2D eigenvalue weighted by atomic mass is 19.3. The first-order valence-electron chi connectivity index (χ1n) is 4.35. The summed E-state index contributed by atoms with van der Waals surface area (Å²) in [5.41, 5.74) is 10.3. The average Bonchev–Trinajstić information content (AvgIpc) is 2.17. The molecular weight excluding hydrogens is 202 g/mol. The standard InChI is InChI=1S/C10H12F2N2O/c1-6-2-4-7(5-3-6)10(11,12)8(13)9(14)15/h2-5,8H,13H2,1H3,(H2,14,15). The first-order chi connectivity index (χ1) is 6.85. The number of hydrogen-bond acceptors (Lipinski definition) is 2. The average molecular weight is 214 g/mol. The van der Waals surface area contributed by atoms with Crippen LogP contribution in [0.4, 0.5) is 8.78 Å². The third-order valence-electron chi connectivity index (χ3n) is 2.13.